The Morgan fingerprint density at radius 2 is 2.13 bits per heavy atom. The van der Waals surface area contributed by atoms with Crippen molar-refractivity contribution in [1.82, 2.24) is 25.0 Å². The molecule has 0 bridgehead atoms. The van der Waals surface area contributed by atoms with Gasteiger partial charge in [-0.05, 0) is 40.3 Å². The molecule has 0 aliphatic carbocycles. The lowest BCUT2D eigenvalue weighted by Gasteiger charge is -2.16. The third kappa shape index (κ3) is 4.03. The number of ether oxygens (including phenoxy) is 1. The number of aromatic nitrogens is 4. The van der Waals surface area contributed by atoms with Gasteiger partial charge in [-0.2, -0.15) is 0 Å². The van der Waals surface area contributed by atoms with Gasteiger partial charge in [0, 0.05) is 17.2 Å². The summed E-state index contributed by atoms with van der Waals surface area (Å²) in [6, 6.07) is 8.05. The first-order chi connectivity index (χ1) is 14.5. The smallest absolute Gasteiger partial charge is 0.254 e. The zero-order valence-electron chi connectivity index (χ0n) is 15.8. The number of nitrogens with zero attached hydrogens (tertiary/aromatic N) is 4. The van der Waals surface area contributed by atoms with Crippen LogP contribution in [0.1, 0.15) is 5.56 Å². The standard InChI is InChI=1S/C18H19IN6O5/c1-20-17(28)14-12(26)13(27)18(29-14)30-25-8-24-11-15(22-7-23-16(11)25)21-6-9-3-2-4-10(19)5-9/h2-5,7-8,12-14,18,26-27H,6H2,1H3,(H,20,28)(H,21,22,23)/t12-,13+,14-,18?/m0/s1. The van der Waals surface area contributed by atoms with Crippen LogP contribution in [-0.4, -0.2) is 67.5 Å². The zero-order chi connectivity index (χ0) is 21.3. The molecule has 1 amide bonds. The lowest BCUT2D eigenvalue weighted by atomic mass is 10.1. The summed E-state index contributed by atoms with van der Waals surface area (Å²) in [7, 11) is 1.41. The summed E-state index contributed by atoms with van der Waals surface area (Å²) in [5.74, 6) is -0.0510. The first-order valence-corrected chi connectivity index (χ1v) is 10.1. The highest BCUT2D eigenvalue weighted by Crippen LogP contribution is 2.23. The molecule has 1 unspecified atom stereocenters. The molecule has 2 aromatic heterocycles. The van der Waals surface area contributed by atoms with Gasteiger partial charge in [-0.1, -0.05) is 12.1 Å². The number of likely N-dealkylation sites (N-methyl/N-ethyl adjacent to an activating group) is 1. The SMILES string of the molecule is CNC(=O)[C@H]1OC(On2cnc3c(NCc4cccc(I)c4)ncnc32)[C@H](O)[C@@H]1O. The van der Waals surface area contributed by atoms with Crippen LogP contribution in [0, 0.1) is 3.57 Å². The predicted octanol–water partition coefficient (Wildman–Crippen LogP) is -0.336. The number of nitrogens with one attached hydrogen (secondary N) is 2. The number of fused-ring (bicyclic) bond motifs is 1. The third-order valence-corrected chi connectivity index (χ3v) is 5.27. The number of imidazole rings is 1. The molecule has 1 fully saturated rings. The van der Waals surface area contributed by atoms with Crippen molar-refractivity contribution in [3.8, 4) is 0 Å². The van der Waals surface area contributed by atoms with Crippen LogP contribution in [0.5, 0.6) is 0 Å². The molecule has 11 nitrogen and oxygen atoms in total. The summed E-state index contributed by atoms with van der Waals surface area (Å²) in [4.78, 5) is 30.0. The average molecular weight is 526 g/mol. The lowest BCUT2D eigenvalue weighted by molar-refractivity contribution is -0.171. The van der Waals surface area contributed by atoms with Crippen LogP contribution in [0.2, 0.25) is 0 Å². The fraction of sp³-hybridized carbons (Fsp3) is 0.333. The molecule has 30 heavy (non-hydrogen) atoms. The summed E-state index contributed by atoms with van der Waals surface area (Å²) >= 11 is 2.25. The van der Waals surface area contributed by atoms with E-state index >= 15 is 0 Å². The van der Waals surface area contributed by atoms with Crippen molar-refractivity contribution in [2.45, 2.75) is 31.1 Å². The van der Waals surface area contributed by atoms with E-state index in [0.717, 1.165) is 9.13 Å². The Bertz CT molecular complexity index is 1060. The molecule has 12 heteroatoms. The van der Waals surface area contributed by atoms with Gasteiger partial charge in [0.1, 0.15) is 24.9 Å². The molecular formula is C18H19IN6O5. The van der Waals surface area contributed by atoms with E-state index in [2.05, 4.69) is 54.2 Å². The zero-order valence-corrected chi connectivity index (χ0v) is 17.9. The summed E-state index contributed by atoms with van der Waals surface area (Å²) in [6.07, 6.45) is -2.67. The van der Waals surface area contributed by atoms with Gasteiger partial charge in [-0.25, -0.2) is 15.0 Å². The molecule has 0 radical (unpaired) electrons. The van der Waals surface area contributed by atoms with Crippen LogP contribution in [-0.2, 0) is 16.1 Å². The van der Waals surface area contributed by atoms with Crippen LogP contribution in [0.25, 0.3) is 11.2 Å². The Hall–Kier alpha value is -2.55. The van der Waals surface area contributed by atoms with Gasteiger partial charge in [0.15, 0.2) is 17.4 Å². The van der Waals surface area contributed by atoms with E-state index in [4.69, 9.17) is 9.57 Å². The number of halogens is 1. The number of carbonyl (C=O) groups is 1. The Labute approximate surface area is 184 Å². The highest BCUT2D eigenvalue weighted by Gasteiger charge is 2.48. The molecule has 1 aliphatic rings. The third-order valence-electron chi connectivity index (χ3n) is 4.59. The number of benzene rings is 1. The molecule has 1 aromatic carbocycles. The second kappa shape index (κ2) is 8.67. The van der Waals surface area contributed by atoms with Crippen molar-refractivity contribution in [1.29, 1.82) is 0 Å². The molecule has 4 atom stereocenters. The van der Waals surface area contributed by atoms with E-state index in [9.17, 15) is 15.0 Å². The molecule has 4 N–H and O–H groups in total. The molecule has 0 spiro atoms. The van der Waals surface area contributed by atoms with Gasteiger partial charge in [-0.3, -0.25) is 4.79 Å². The minimum absolute atomic E-state index is 0.337. The fourth-order valence-electron chi connectivity index (χ4n) is 3.06. The van der Waals surface area contributed by atoms with E-state index in [0.29, 0.717) is 23.5 Å². The molecule has 3 heterocycles. The Kier molecular flexibility index (Phi) is 5.99. The van der Waals surface area contributed by atoms with Crippen molar-refractivity contribution < 1.29 is 24.6 Å². The first-order valence-electron chi connectivity index (χ1n) is 9.04. The van der Waals surface area contributed by atoms with Crippen molar-refractivity contribution in [3.63, 3.8) is 0 Å². The summed E-state index contributed by atoms with van der Waals surface area (Å²) in [6.45, 7) is 0.543. The summed E-state index contributed by atoms with van der Waals surface area (Å²) in [5, 5.41) is 25.8. The number of aliphatic hydroxyl groups is 2. The quantitative estimate of drug-likeness (QED) is 0.318. The second-order valence-corrected chi connectivity index (χ2v) is 7.82. The number of hydrogen-bond donors (Lipinski definition) is 4. The maximum Gasteiger partial charge on any atom is 0.254 e. The number of rotatable bonds is 6. The number of aliphatic hydroxyl groups excluding tert-OH is 2. The maximum atomic E-state index is 11.8. The van der Waals surface area contributed by atoms with Gasteiger partial charge < -0.3 is 30.4 Å². The first kappa shape index (κ1) is 20.7. The fourth-order valence-corrected chi connectivity index (χ4v) is 3.67. The molecule has 4 rings (SSSR count). The van der Waals surface area contributed by atoms with E-state index < -0.39 is 30.5 Å². The van der Waals surface area contributed by atoms with E-state index in [-0.39, 0.29) is 0 Å². The monoisotopic (exact) mass is 526 g/mol. The van der Waals surface area contributed by atoms with Gasteiger partial charge in [0.05, 0.1) is 0 Å². The summed E-state index contributed by atoms with van der Waals surface area (Å²) < 4.78 is 7.70. The molecule has 0 saturated carbocycles. The normalized spacial score (nSPS) is 23.5. The van der Waals surface area contributed by atoms with Crippen molar-refractivity contribution >= 4 is 45.5 Å². The Morgan fingerprint density at radius 3 is 2.90 bits per heavy atom. The van der Waals surface area contributed by atoms with Crippen LogP contribution in [0.15, 0.2) is 36.9 Å². The van der Waals surface area contributed by atoms with Gasteiger partial charge >= 0.3 is 0 Å². The van der Waals surface area contributed by atoms with Crippen molar-refractivity contribution in [3.05, 3.63) is 46.1 Å². The predicted molar refractivity (Wildman–Crippen MR) is 113 cm³/mol. The number of hydrogen-bond acceptors (Lipinski definition) is 9. The van der Waals surface area contributed by atoms with E-state index in [1.807, 2.05) is 18.2 Å². The van der Waals surface area contributed by atoms with Crippen LogP contribution in [0.3, 0.4) is 0 Å². The minimum Gasteiger partial charge on any atom is -0.387 e. The lowest BCUT2D eigenvalue weighted by Crippen LogP contribution is -2.41. The second-order valence-electron chi connectivity index (χ2n) is 6.57. The van der Waals surface area contributed by atoms with Gasteiger partial charge in [-0.15, -0.1) is 4.73 Å². The topological polar surface area (TPSA) is 144 Å². The number of anilines is 1. The minimum atomic E-state index is -1.43. The van der Waals surface area contributed by atoms with Crippen molar-refractivity contribution in [2.75, 3.05) is 12.4 Å². The Morgan fingerprint density at radius 1 is 1.30 bits per heavy atom. The highest BCUT2D eigenvalue weighted by atomic mass is 127. The number of carbonyl (C=O) groups excluding carboxylic acids is 1. The Balaban J connectivity index is 1.51. The van der Waals surface area contributed by atoms with Gasteiger partial charge in [0.25, 0.3) is 12.2 Å². The van der Waals surface area contributed by atoms with Gasteiger partial charge in [0.2, 0.25) is 5.65 Å². The highest BCUT2D eigenvalue weighted by molar-refractivity contribution is 14.1. The number of amides is 1. The average Bonchev–Trinajstić information content (AvgIpc) is 3.28. The van der Waals surface area contributed by atoms with E-state index in [1.54, 1.807) is 0 Å². The molecule has 1 saturated heterocycles. The molecular weight excluding hydrogens is 507 g/mol. The van der Waals surface area contributed by atoms with Crippen LogP contribution >= 0.6 is 22.6 Å². The molecule has 3 aromatic rings. The molecule has 158 valence electrons. The van der Waals surface area contributed by atoms with Crippen LogP contribution < -0.4 is 15.5 Å². The largest absolute Gasteiger partial charge is 0.387 e. The summed E-state index contributed by atoms with van der Waals surface area (Å²) in [5.41, 5.74) is 1.88. The van der Waals surface area contributed by atoms with E-state index in [1.165, 1.54) is 24.4 Å². The van der Waals surface area contributed by atoms with Crippen LogP contribution in [0.4, 0.5) is 5.82 Å². The van der Waals surface area contributed by atoms with Crippen molar-refractivity contribution in [2.24, 2.45) is 0 Å². The maximum absolute atomic E-state index is 11.8. The molecule has 1 aliphatic heterocycles.